The van der Waals surface area contributed by atoms with Gasteiger partial charge in [0.2, 0.25) is 0 Å². The minimum atomic E-state index is -0.116. The van der Waals surface area contributed by atoms with E-state index < -0.39 is 0 Å². The maximum Gasteiger partial charge on any atom is 0.252 e. The zero-order valence-corrected chi connectivity index (χ0v) is 13.5. The topological polar surface area (TPSA) is 77.6 Å². The van der Waals surface area contributed by atoms with Gasteiger partial charge in [-0.25, -0.2) is 4.98 Å². The second-order valence-electron chi connectivity index (χ2n) is 5.85. The first-order chi connectivity index (χ1) is 11.0. The molecule has 0 aromatic carbocycles. The van der Waals surface area contributed by atoms with Gasteiger partial charge in [-0.1, -0.05) is 6.92 Å². The molecule has 7 nitrogen and oxygen atoms in total. The lowest BCUT2D eigenvalue weighted by Gasteiger charge is -2.12. The SMILES string of the molecule is Cc1nn(C)c2ncc(C(=O)NCC(C)Cn3cccn3)cc12. The Morgan fingerprint density at radius 1 is 1.43 bits per heavy atom. The number of aromatic nitrogens is 5. The van der Waals surface area contributed by atoms with Crippen LogP contribution in [-0.2, 0) is 13.6 Å². The lowest BCUT2D eigenvalue weighted by atomic mass is 10.1. The maximum absolute atomic E-state index is 12.3. The molecule has 7 heteroatoms. The fraction of sp³-hybridized carbons (Fsp3) is 0.375. The molecule has 3 heterocycles. The summed E-state index contributed by atoms with van der Waals surface area (Å²) in [7, 11) is 1.85. The summed E-state index contributed by atoms with van der Waals surface area (Å²) in [5.41, 5.74) is 2.21. The van der Waals surface area contributed by atoms with E-state index in [1.807, 2.05) is 37.0 Å². The van der Waals surface area contributed by atoms with Crippen LogP contribution in [0.2, 0.25) is 0 Å². The lowest BCUT2D eigenvalue weighted by molar-refractivity contribution is 0.0946. The maximum atomic E-state index is 12.3. The van der Waals surface area contributed by atoms with Crippen LogP contribution in [-0.4, -0.2) is 37.0 Å². The van der Waals surface area contributed by atoms with E-state index in [4.69, 9.17) is 0 Å². The van der Waals surface area contributed by atoms with Crippen molar-refractivity contribution in [1.82, 2.24) is 29.9 Å². The summed E-state index contributed by atoms with van der Waals surface area (Å²) in [4.78, 5) is 16.6. The molecule has 1 unspecified atom stereocenters. The summed E-state index contributed by atoms with van der Waals surface area (Å²) in [6.45, 7) is 5.35. The van der Waals surface area contributed by atoms with Crippen molar-refractivity contribution in [3.05, 3.63) is 42.0 Å². The van der Waals surface area contributed by atoms with Gasteiger partial charge in [-0.15, -0.1) is 0 Å². The fourth-order valence-electron chi connectivity index (χ4n) is 2.59. The molecule has 0 radical (unpaired) electrons. The summed E-state index contributed by atoms with van der Waals surface area (Å²) in [6.07, 6.45) is 5.26. The van der Waals surface area contributed by atoms with Crippen LogP contribution in [0.1, 0.15) is 23.0 Å². The molecule has 1 N–H and O–H groups in total. The van der Waals surface area contributed by atoms with Crippen molar-refractivity contribution >= 4 is 16.9 Å². The van der Waals surface area contributed by atoms with E-state index in [-0.39, 0.29) is 11.8 Å². The molecule has 23 heavy (non-hydrogen) atoms. The third-order valence-electron chi connectivity index (χ3n) is 3.79. The Morgan fingerprint density at radius 3 is 3.00 bits per heavy atom. The molecule has 0 saturated heterocycles. The molecule has 1 atom stereocenters. The van der Waals surface area contributed by atoms with E-state index in [2.05, 4.69) is 27.4 Å². The number of hydrogen-bond donors (Lipinski definition) is 1. The highest BCUT2D eigenvalue weighted by atomic mass is 16.1. The standard InChI is InChI=1S/C16H20N6O/c1-11(10-22-6-4-5-19-22)8-18-16(23)13-7-14-12(2)20-21(3)15(14)17-9-13/h4-7,9,11H,8,10H2,1-3H3,(H,18,23). The smallest absolute Gasteiger partial charge is 0.252 e. The average Bonchev–Trinajstić information content (AvgIpc) is 3.13. The Hall–Kier alpha value is -2.70. The number of amides is 1. The minimum Gasteiger partial charge on any atom is -0.352 e. The Morgan fingerprint density at radius 2 is 2.26 bits per heavy atom. The predicted molar refractivity (Wildman–Crippen MR) is 87.0 cm³/mol. The van der Waals surface area contributed by atoms with Gasteiger partial charge in [0.15, 0.2) is 5.65 Å². The van der Waals surface area contributed by atoms with Gasteiger partial charge in [0.05, 0.1) is 11.3 Å². The quantitative estimate of drug-likeness (QED) is 0.775. The Kier molecular flexibility index (Phi) is 4.10. The molecule has 0 aliphatic rings. The largest absolute Gasteiger partial charge is 0.352 e. The first-order valence-corrected chi connectivity index (χ1v) is 7.59. The van der Waals surface area contributed by atoms with Crippen molar-refractivity contribution in [3.8, 4) is 0 Å². The molecule has 3 aromatic heterocycles. The van der Waals surface area contributed by atoms with Crippen LogP contribution in [0.3, 0.4) is 0 Å². The molecule has 1 amide bonds. The van der Waals surface area contributed by atoms with Crippen molar-refractivity contribution in [2.24, 2.45) is 13.0 Å². The monoisotopic (exact) mass is 312 g/mol. The van der Waals surface area contributed by atoms with Crippen molar-refractivity contribution in [2.45, 2.75) is 20.4 Å². The zero-order valence-electron chi connectivity index (χ0n) is 13.5. The average molecular weight is 312 g/mol. The first-order valence-electron chi connectivity index (χ1n) is 7.59. The number of carbonyl (C=O) groups is 1. The van der Waals surface area contributed by atoms with Crippen LogP contribution in [0.4, 0.5) is 0 Å². The highest BCUT2D eigenvalue weighted by molar-refractivity contribution is 5.97. The number of pyridine rings is 1. The summed E-state index contributed by atoms with van der Waals surface area (Å²) in [6, 6.07) is 3.74. The highest BCUT2D eigenvalue weighted by Crippen LogP contribution is 2.16. The number of nitrogens with one attached hydrogen (secondary N) is 1. The van der Waals surface area contributed by atoms with Crippen LogP contribution >= 0.6 is 0 Å². The van der Waals surface area contributed by atoms with Crippen LogP contribution in [0.15, 0.2) is 30.7 Å². The fourth-order valence-corrected chi connectivity index (χ4v) is 2.59. The van der Waals surface area contributed by atoms with E-state index in [0.717, 1.165) is 23.3 Å². The molecule has 120 valence electrons. The van der Waals surface area contributed by atoms with Crippen molar-refractivity contribution < 1.29 is 4.79 Å². The molecule has 0 spiro atoms. The molecular formula is C16H20N6O. The summed E-state index contributed by atoms with van der Waals surface area (Å²) >= 11 is 0. The van der Waals surface area contributed by atoms with Gasteiger partial charge < -0.3 is 5.32 Å². The summed E-state index contributed by atoms with van der Waals surface area (Å²) in [5, 5.41) is 12.4. The van der Waals surface area contributed by atoms with Gasteiger partial charge in [-0.2, -0.15) is 10.2 Å². The van der Waals surface area contributed by atoms with Gasteiger partial charge in [0.25, 0.3) is 5.91 Å². The first kappa shape index (κ1) is 15.2. The molecule has 0 bridgehead atoms. The second kappa shape index (κ2) is 6.20. The predicted octanol–water partition coefficient (Wildman–Crippen LogP) is 1.54. The van der Waals surface area contributed by atoms with Gasteiger partial charge in [-0.3, -0.25) is 14.2 Å². The third kappa shape index (κ3) is 3.23. The molecule has 0 aliphatic carbocycles. The van der Waals surface area contributed by atoms with Gasteiger partial charge >= 0.3 is 0 Å². The number of rotatable bonds is 5. The number of carbonyl (C=O) groups excluding carboxylic acids is 1. The van der Waals surface area contributed by atoms with Crippen molar-refractivity contribution in [3.63, 3.8) is 0 Å². The number of fused-ring (bicyclic) bond motifs is 1. The molecule has 0 aliphatic heterocycles. The number of aryl methyl sites for hydroxylation is 2. The summed E-state index contributed by atoms with van der Waals surface area (Å²) < 4.78 is 3.59. The number of hydrogen-bond acceptors (Lipinski definition) is 4. The molecular weight excluding hydrogens is 292 g/mol. The van der Waals surface area contributed by atoms with Crippen LogP contribution in [0.25, 0.3) is 11.0 Å². The molecule has 0 fully saturated rings. The molecule has 0 saturated carbocycles. The van der Waals surface area contributed by atoms with Gasteiger partial charge in [0, 0.05) is 44.1 Å². The van der Waals surface area contributed by atoms with Gasteiger partial charge in [-0.05, 0) is 25.0 Å². The van der Waals surface area contributed by atoms with Gasteiger partial charge in [0.1, 0.15) is 0 Å². The van der Waals surface area contributed by atoms with E-state index in [1.54, 1.807) is 17.1 Å². The van der Waals surface area contributed by atoms with Crippen LogP contribution < -0.4 is 5.32 Å². The Labute approximate surface area is 134 Å². The van der Waals surface area contributed by atoms with E-state index >= 15 is 0 Å². The zero-order chi connectivity index (χ0) is 16.4. The third-order valence-corrected chi connectivity index (χ3v) is 3.79. The molecule has 3 aromatic rings. The second-order valence-corrected chi connectivity index (χ2v) is 5.85. The lowest BCUT2D eigenvalue weighted by Crippen LogP contribution is -2.30. The van der Waals surface area contributed by atoms with Crippen molar-refractivity contribution in [2.75, 3.05) is 6.54 Å². The highest BCUT2D eigenvalue weighted by Gasteiger charge is 2.12. The van der Waals surface area contributed by atoms with E-state index in [1.165, 1.54) is 0 Å². The number of nitrogens with zero attached hydrogens (tertiary/aromatic N) is 5. The van der Waals surface area contributed by atoms with Crippen LogP contribution in [0.5, 0.6) is 0 Å². The minimum absolute atomic E-state index is 0.116. The molecule has 3 rings (SSSR count). The Balaban J connectivity index is 1.65. The Bertz CT molecular complexity index is 821. The van der Waals surface area contributed by atoms with E-state index in [9.17, 15) is 4.79 Å². The van der Waals surface area contributed by atoms with Crippen molar-refractivity contribution in [1.29, 1.82) is 0 Å². The van der Waals surface area contributed by atoms with E-state index in [0.29, 0.717) is 12.1 Å². The normalized spacial score (nSPS) is 12.5. The van der Waals surface area contributed by atoms with Crippen LogP contribution in [0, 0.1) is 12.8 Å². The summed E-state index contributed by atoms with van der Waals surface area (Å²) in [5.74, 6) is 0.172.